The minimum atomic E-state index is 0.470. The van der Waals surface area contributed by atoms with Gasteiger partial charge in [-0.05, 0) is 105 Å². The zero-order valence-electron chi connectivity index (χ0n) is 17.7. The van der Waals surface area contributed by atoms with Crippen molar-refractivity contribution < 1.29 is 0 Å². The second kappa shape index (κ2) is 7.61. The Hall–Kier alpha value is 0.290. The number of rotatable bonds is 5. The van der Waals surface area contributed by atoms with Crippen LogP contribution in [-0.2, 0) is 0 Å². The Balaban J connectivity index is 1.46. The highest BCUT2D eigenvalue weighted by Crippen LogP contribution is 2.68. The first kappa shape index (κ1) is 19.6. The number of hydrogen-bond donors (Lipinski definition) is 0. The van der Waals surface area contributed by atoms with Crippen molar-refractivity contribution in [3.05, 3.63) is 0 Å². The monoisotopic (exact) mass is 378 g/mol. The molecule has 0 amide bonds. The minimum absolute atomic E-state index is 0.470. The Kier molecular flexibility index (Phi) is 5.73. The van der Waals surface area contributed by atoms with Gasteiger partial charge in [0.1, 0.15) is 0 Å². The number of alkyl halides is 1. The van der Waals surface area contributed by atoms with Crippen LogP contribution in [-0.4, -0.2) is 5.38 Å². The zero-order valence-corrected chi connectivity index (χ0v) is 18.5. The predicted molar refractivity (Wildman–Crippen MR) is 114 cm³/mol. The van der Waals surface area contributed by atoms with Crippen LogP contribution < -0.4 is 0 Å². The molecule has 0 saturated heterocycles. The summed E-state index contributed by atoms with van der Waals surface area (Å²) in [4.78, 5) is 0. The third-order valence-electron chi connectivity index (χ3n) is 10.2. The highest BCUT2D eigenvalue weighted by molar-refractivity contribution is 6.20. The molecule has 26 heavy (non-hydrogen) atoms. The van der Waals surface area contributed by atoms with E-state index in [9.17, 15) is 0 Å². The number of unbranched alkanes of at least 4 members (excludes halogenated alkanes) is 3. The highest BCUT2D eigenvalue weighted by Gasteiger charge is 2.59. The second-order valence-electron chi connectivity index (χ2n) is 11.2. The molecule has 4 fully saturated rings. The summed E-state index contributed by atoms with van der Waals surface area (Å²) in [6, 6.07) is 0. The number of halogens is 1. The number of hydrogen-bond acceptors (Lipinski definition) is 0. The lowest BCUT2D eigenvalue weighted by Gasteiger charge is -2.61. The lowest BCUT2D eigenvalue weighted by atomic mass is 9.45. The molecule has 4 aliphatic carbocycles. The van der Waals surface area contributed by atoms with Crippen LogP contribution in [0.15, 0.2) is 0 Å². The molecule has 8 unspecified atom stereocenters. The van der Waals surface area contributed by atoms with Gasteiger partial charge in [0.05, 0.1) is 0 Å². The van der Waals surface area contributed by atoms with E-state index in [2.05, 4.69) is 20.8 Å². The molecule has 4 saturated carbocycles. The van der Waals surface area contributed by atoms with E-state index < -0.39 is 0 Å². The molecule has 4 aliphatic rings. The summed E-state index contributed by atoms with van der Waals surface area (Å²) in [5.41, 5.74) is 1.30. The van der Waals surface area contributed by atoms with Gasteiger partial charge in [0.15, 0.2) is 0 Å². The highest BCUT2D eigenvalue weighted by atomic mass is 35.5. The van der Waals surface area contributed by atoms with Crippen LogP contribution in [0.25, 0.3) is 0 Å². The summed E-state index contributed by atoms with van der Waals surface area (Å²) in [5, 5.41) is 0.470. The van der Waals surface area contributed by atoms with Crippen molar-refractivity contribution in [3.8, 4) is 0 Å². The predicted octanol–water partition coefficient (Wildman–Crippen LogP) is 8.22. The standard InChI is InChI=1S/C25H43Cl/c1-4-5-6-7-8-18-10-12-22-21-11-9-19-17-20(26)13-15-25(19,3)23(21)14-16-24(18,22)2/h18-23H,4-17H2,1-3H3. The SMILES string of the molecule is CCCCCCC1CCC2C3CCC4CC(Cl)CCC4(C)C3CCC12C. The molecule has 0 aromatic heterocycles. The first-order valence-corrected chi connectivity index (χ1v) is 12.6. The molecule has 0 bridgehead atoms. The van der Waals surface area contributed by atoms with E-state index in [0.717, 1.165) is 29.6 Å². The maximum Gasteiger partial charge on any atom is 0.0339 e. The number of fused-ring (bicyclic) bond motifs is 5. The van der Waals surface area contributed by atoms with Gasteiger partial charge in [-0.25, -0.2) is 0 Å². The zero-order chi connectivity index (χ0) is 18.4. The molecule has 0 radical (unpaired) electrons. The van der Waals surface area contributed by atoms with Gasteiger partial charge in [-0.2, -0.15) is 0 Å². The summed E-state index contributed by atoms with van der Waals surface area (Å²) in [6.07, 6.45) is 20.5. The molecule has 0 spiro atoms. The maximum absolute atomic E-state index is 6.57. The van der Waals surface area contributed by atoms with Gasteiger partial charge in [-0.1, -0.05) is 46.5 Å². The van der Waals surface area contributed by atoms with Crippen LogP contribution in [0, 0.1) is 40.4 Å². The van der Waals surface area contributed by atoms with E-state index in [4.69, 9.17) is 11.6 Å². The fourth-order valence-corrected chi connectivity index (χ4v) is 8.93. The molecule has 8 atom stereocenters. The molecule has 0 aromatic carbocycles. The molecule has 1 heteroatoms. The largest absolute Gasteiger partial charge is 0.123 e. The average molecular weight is 379 g/mol. The fourth-order valence-electron chi connectivity index (χ4n) is 8.61. The topological polar surface area (TPSA) is 0 Å². The lowest BCUT2D eigenvalue weighted by Crippen LogP contribution is -2.53. The van der Waals surface area contributed by atoms with Gasteiger partial charge in [0.25, 0.3) is 0 Å². The average Bonchev–Trinajstić information content (AvgIpc) is 2.96. The van der Waals surface area contributed by atoms with E-state index in [0.29, 0.717) is 16.2 Å². The fraction of sp³-hybridized carbons (Fsp3) is 1.00. The molecule has 0 aromatic rings. The Morgan fingerprint density at radius 2 is 1.58 bits per heavy atom. The second-order valence-corrected chi connectivity index (χ2v) is 11.8. The Morgan fingerprint density at radius 1 is 0.808 bits per heavy atom. The molecule has 0 heterocycles. The van der Waals surface area contributed by atoms with Gasteiger partial charge in [-0.3, -0.25) is 0 Å². The Labute approximate surface area is 168 Å². The molecular formula is C25H43Cl. The lowest BCUT2D eigenvalue weighted by molar-refractivity contribution is -0.110. The summed E-state index contributed by atoms with van der Waals surface area (Å²) in [6.45, 7) is 7.73. The molecular weight excluding hydrogens is 336 g/mol. The summed E-state index contributed by atoms with van der Waals surface area (Å²) >= 11 is 6.57. The first-order valence-electron chi connectivity index (χ1n) is 12.1. The maximum atomic E-state index is 6.57. The normalized spacial score (nSPS) is 50.8. The van der Waals surface area contributed by atoms with Gasteiger partial charge in [-0.15, -0.1) is 11.6 Å². The molecule has 4 rings (SSSR count). The van der Waals surface area contributed by atoms with Gasteiger partial charge in [0, 0.05) is 5.38 Å². The van der Waals surface area contributed by atoms with Crippen LogP contribution in [0.4, 0.5) is 0 Å². The molecule has 0 nitrogen and oxygen atoms in total. The van der Waals surface area contributed by atoms with E-state index in [1.165, 1.54) is 77.0 Å². The van der Waals surface area contributed by atoms with Crippen LogP contribution in [0.1, 0.15) is 111 Å². The van der Waals surface area contributed by atoms with Crippen molar-refractivity contribution in [1.82, 2.24) is 0 Å². The third kappa shape index (κ3) is 3.19. The van der Waals surface area contributed by atoms with Crippen molar-refractivity contribution in [2.24, 2.45) is 40.4 Å². The minimum Gasteiger partial charge on any atom is -0.123 e. The van der Waals surface area contributed by atoms with Crippen LogP contribution >= 0.6 is 11.6 Å². The molecule has 0 aliphatic heterocycles. The molecule has 150 valence electrons. The van der Waals surface area contributed by atoms with Gasteiger partial charge < -0.3 is 0 Å². The van der Waals surface area contributed by atoms with Crippen molar-refractivity contribution >= 4 is 11.6 Å². The van der Waals surface area contributed by atoms with Crippen molar-refractivity contribution in [3.63, 3.8) is 0 Å². The smallest absolute Gasteiger partial charge is 0.0339 e. The van der Waals surface area contributed by atoms with Crippen LogP contribution in [0.3, 0.4) is 0 Å². The Morgan fingerprint density at radius 3 is 2.38 bits per heavy atom. The van der Waals surface area contributed by atoms with Crippen molar-refractivity contribution in [2.45, 2.75) is 116 Å². The van der Waals surface area contributed by atoms with E-state index in [-0.39, 0.29) is 0 Å². The summed E-state index contributed by atoms with van der Waals surface area (Å²) < 4.78 is 0. The van der Waals surface area contributed by atoms with E-state index in [1.807, 2.05) is 0 Å². The van der Waals surface area contributed by atoms with Crippen molar-refractivity contribution in [1.29, 1.82) is 0 Å². The Bertz CT molecular complexity index is 487. The van der Waals surface area contributed by atoms with E-state index >= 15 is 0 Å². The first-order chi connectivity index (χ1) is 12.5. The summed E-state index contributed by atoms with van der Waals surface area (Å²) in [7, 11) is 0. The summed E-state index contributed by atoms with van der Waals surface area (Å²) in [5.74, 6) is 5.07. The van der Waals surface area contributed by atoms with Crippen LogP contribution in [0.2, 0.25) is 0 Å². The van der Waals surface area contributed by atoms with Crippen LogP contribution in [0.5, 0.6) is 0 Å². The van der Waals surface area contributed by atoms with Gasteiger partial charge in [0.2, 0.25) is 0 Å². The van der Waals surface area contributed by atoms with E-state index in [1.54, 1.807) is 12.8 Å². The quantitative estimate of drug-likeness (QED) is 0.333. The third-order valence-corrected chi connectivity index (χ3v) is 10.6. The van der Waals surface area contributed by atoms with Crippen molar-refractivity contribution in [2.75, 3.05) is 0 Å². The van der Waals surface area contributed by atoms with Gasteiger partial charge >= 0.3 is 0 Å². The molecule has 0 N–H and O–H groups in total.